The number of likely N-dealkylation sites (N-methyl/N-ethyl adjacent to an activating group) is 1. The molecule has 0 spiro atoms. The molecule has 2 rings (SSSR count). The summed E-state index contributed by atoms with van der Waals surface area (Å²) in [6, 6.07) is 0. The van der Waals surface area contributed by atoms with Crippen LogP contribution < -0.4 is 5.14 Å². The van der Waals surface area contributed by atoms with Crippen LogP contribution in [-0.2, 0) is 23.0 Å². The van der Waals surface area contributed by atoms with Crippen LogP contribution in [0, 0.1) is 5.82 Å². The number of thiophene rings is 1. The predicted molar refractivity (Wildman–Crippen MR) is 55.7 cm³/mol. The van der Waals surface area contributed by atoms with E-state index in [9.17, 15) is 12.8 Å². The first-order valence-corrected chi connectivity index (χ1v) is 6.77. The standard InChI is InChI=1S/C8H11FN2O2S2/c1-11-3-2-6-5(4-11)7(9)8(14-6)15(10,12)13/h2-4H2,1H3,(H2,10,12,13). The molecule has 1 aliphatic rings. The van der Waals surface area contributed by atoms with Crippen LogP contribution in [0.1, 0.15) is 10.4 Å². The number of hydrogen-bond acceptors (Lipinski definition) is 4. The third kappa shape index (κ3) is 1.92. The van der Waals surface area contributed by atoms with Crippen molar-refractivity contribution in [2.24, 2.45) is 5.14 Å². The first-order valence-electron chi connectivity index (χ1n) is 4.41. The minimum atomic E-state index is -3.92. The monoisotopic (exact) mass is 250 g/mol. The minimum absolute atomic E-state index is 0.331. The summed E-state index contributed by atoms with van der Waals surface area (Å²) in [6.07, 6.45) is 0.683. The van der Waals surface area contributed by atoms with E-state index in [0.717, 1.165) is 22.8 Å². The summed E-state index contributed by atoms with van der Waals surface area (Å²) < 4.78 is 35.6. The number of nitrogens with two attached hydrogens (primary N) is 1. The second-order valence-electron chi connectivity index (χ2n) is 3.64. The number of sulfonamides is 1. The van der Waals surface area contributed by atoms with Crippen LogP contribution in [0.3, 0.4) is 0 Å². The molecule has 1 aromatic rings. The molecular weight excluding hydrogens is 239 g/mol. The number of fused-ring (bicyclic) bond motifs is 1. The normalized spacial score (nSPS) is 17.8. The summed E-state index contributed by atoms with van der Waals surface area (Å²) in [5.74, 6) is -0.663. The fourth-order valence-corrected chi connectivity index (χ4v) is 3.69. The van der Waals surface area contributed by atoms with E-state index in [1.807, 2.05) is 11.9 Å². The zero-order valence-electron chi connectivity index (χ0n) is 8.16. The SMILES string of the molecule is CN1CCc2sc(S(N)(=O)=O)c(F)c2C1. The summed E-state index contributed by atoms with van der Waals surface area (Å²) in [6.45, 7) is 1.27. The van der Waals surface area contributed by atoms with Gasteiger partial charge in [0.05, 0.1) is 0 Å². The van der Waals surface area contributed by atoms with E-state index in [1.165, 1.54) is 0 Å². The molecule has 4 nitrogen and oxygen atoms in total. The molecule has 2 heterocycles. The van der Waals surface area contributed by atoms with Crippen molar-refractivity contribution in [2.45, 2.75) is 17.2 Å². The highest BCUT2D eigenvalue weighted by Gasteiger charge is 2.27. The summed E-state index contributed by atoms with van der Waals surface area (Å²) in [7, 11) is -2.05. The zero-order valence-corrected chi connectivity index (χ0v) is 9.79. The van der Waals surface area contributed by atoms with Gasteiger partial charge in [0.15, 0.2) is 10.0 Å². The maximum absolute atomic E-state index is 13.7. The lowest BCUT2D eigenvalue weighted by Crippen LogP contribution is -2.25. The van der Waals surface area contributed by atoms with Crippen molar-refractivity contribution in [1.29, 1.82) is 0 Å². The highest BCUT2D eigenvalue weighted by atomic mass is 32.2. The Kier molecular flexibility index (Phi) is 2.58. The van der Waals surface area contributed by atoms with Crippen molar-refractivity contribution in [1.82, 2.24) is 4.90 Å². The van der Waals surface area contributed by atoms with Gasteiger partial charge >= 0.3 is 0 Å². The van der Waals surface area contributed by atoms with Crippen molar-refractivity contribution in [3.05, 3.63) is 16.3 Å². The van der Waals surface area contributed by atoms with Crippen LogP contribution in [-0.4, -0.2) is 26.9 Å². The van der Waals surface area contributed by atoms with Crippen molar-refractivity contribution in [2.75, 3.05) is 13.6 Å². The first-order chi connectivity index (χ1) is 6.89. The van der Waals surface area contributed by atoms with Crippen molar-refractivity contribution in [3.63, 3.8) is 0 Å². The van der Waals surface area contributed by atoms with E-state index in [4.69, 9.17) is 5.14 Å². The lowest BCUT2D eigenvalue weighted by atomic mass is 10.1. The van der Waals surface area contributed by atoms with Gasteiger partial charge in [-0.05, 0) is 13.5 Å². The van der Waals surface area contributed by atoms with E-state index >= 15 is 0 Å². The first kappa shape index (κ1) is 11.0. The van der Waals surface area contributed by atoms with Gasteiger partial charge in [-0.3, -0.25) is 0 Å². The summed E-state index contributed by atoms with van der Waals surface area (Å²) >= 11 is 0.956. The summed E-state index contributed by atoms with van der Waals surface area (Å²) in [5.41, 5.74) is 0.484. The van der Waals surface area contributed by atoms with Crippen LogP contribution >= 0.6 is 11.3 Å². The average molecular weight is 250 g/mol. The smallest absolute Gasteiger partial charge is 0.250 e. The fraction of sp³-hybridized carbons (Fsp3) is 0.500. The topological polar surface area (TPSA) is 63.4 Å². The Hall–Kier alpha value is -0.500. The third-order valence-electron chi connectivity index (χ3n) is 2.40. The Balaban J connectivity index is 2.55. The molecule has 2 N–H and O–H groups in total. The van der Waals surface area contributed by atoms with Gasteiger partial charge in [-0.2, -0.15) is 0 Å². The molecule has 0 amide bonds. The Labute approximate surface area is 91.6 Å². The van der Waals surface area contributed by atoms with Gasteiger partial charge < -0.3 is 4.90 Å². The van der Waals surface area contributed by atoms with E-state index in [1.54, 1.807) is 0 Å². The van der Waals surface area contributed by atoms with E-state index in [2.05, 4.69) is 0 Å². The fourth-order valence-electron chi connectivity index (χ4n) is 1.65. The van der Waals surface area contributed by atoms with Crippen LogP contribution in [0.4, 0.5) is 4.39 Å². The van der Waals surface area contributed by atoms with Crippen LogP contribution in [0.5, 0.6) is 0 Å². The number of halogens is 1. The Bertz CT molecular complexity index is 495. The minimum Gasteiger partial charge on any atom is -0.302 e. The lowest BCUT2D eigenvalue weighted by Gasteiger charge is -2.21. The predicted octanol–water partition coefficient (Wildman–Crippen LogP) is 0.523. The third-order valence-corrected chi connectivity index (χ3v) is 5.11. The van der Waals surface area contributed by atoms with Gasteiger partial charge in [0.25, 0.3) is 10.0 Å². The number of hydrogen-bond donors (Lipinski definition) is 1. The Morgan fingerprint density at radius 3 is 2.80 bits per heavy atom. The molecule has 1 aromatic heterocycles. The maximum atomic E-state index is 13.7. The van der Waals surface area contributed by atoms with E-state index < -0.39 is 15.8 Å². The van der Waals surface area contributed by atoms with E-state index in [0.29, 0.717) is 18.5 Å². The largest absolute Gasteiger partial charge is 0.302 e. The highest BCUT2D eigenvalue weighted by molar-refractivity contribution is 7.91. The molecule has 1 aliphatic heterocycles. The van der Waals surface area contributed by atoms with E-state index in [-0.39, 0.29) is 4.21 Å². The molecule has 0 atom stereocenters. The van der Waals surface area contributed by atoms with Crippen molar-refractivity contribution >= 4 is 21.4 Å². The second-order valence-corrected chi connectivity index (χ2v) is 6.50. The molecule has 0 bridgehead atoms. The van der Waals surface area contributed by atoms with Gasteiger partial charge in [-0.1, -0.05) is 0 Å². The lowest BCUT2D eigenvalue weighted by molar-refractivity contribution is 0.308. The second kappa shape index (κ2) is 3.51. The summed E-state index contributed by atoms with van der Waals surface area (Å²) in [4.78, 5) is 2.75. The Morgan fingerprint density at radius 2 is 2.20 bits per heavy atom. The molecule has 0 aromatic carbocycles. The van der Waals surface area contributed by atoms with Gasteiger partial charge in [0, 0.05) is 23.5 Å². The quantitative estimate of drug-likeness (QED) is 0.790. The van der Waals surface area contributed by atoms with Crippen molar-refractivity contribution in [3.8, 4) is 0 Å². The molecule has 0 unspecified atom stereocenters. The van der Waals surface area contributed by atoms with Crippen LogP contribution in [0.25, 0.3) is 0 Å². The molecule has 84 valence electrons. The van der Waals surface area contributed by atoms with Gasteiger partial charge in [-0.25, -0.2) is 17.9 Å². The number of primary sulfonamides is 1. The van der Waals surface area contributed by atoms with Crippen molar-refractivity contribution < 1.29 is 12.8 Å². The molecule has 0 aliphatic carbocycles. The number of nitrogens with zero attached hydrogens (tertiary/aromatic N) is 1. The molecule has 7 heteroatoms. The molecule has 0 saturated carbocycles. The zero-order chi connectivity index (χ0) is 11.2. The van der Waals surface area contributed by atoms with Gasteiger partial charge in [0.1, 0.15) is 0 Å². The molecule has 0 fully saturated rings. The highest BCUT2D eigenvalue weighted by Crippen LogP contribution is 2.33. The summed E-state index contributed by atoms with van der Waals surface area (Å²) in [5, 5.41) is 4.93. The average Bonchev–Trinajstić information content (AvgIpc) is 2.43. The van der Waals surface area contributed by atoms with Gasteiger partial charge in [-0.15, -0.1) is 11.3 Å². The molecule has 0 radical (unpaired) electrons. The Morgan fingerprint density at radius 1 is 1.53 bits per heavy atom. The van der Waals surface area contributed by atoms with Crippen LogP contribution in [0.15, 0.2) is 4.21 Å². The number of rotatable bonds is 1. The molecular formula is C8H11FN2O2S2. The molecule has 15 heavy (non-hydrogen) atoms. The van der Waals surface area contributed by atoms with Crippen LogP contribution in [0.2, 0.25) is 0 Å². The van der Waals surface area contributed by atoms with Gasteiger partial charge in [0.2, 0.25) is 0 Å². The molecule has 0 saturated heterocycles. The maximum Gasteiger partial charge on any atom is 0.250 e.